The molecule has 0 radical (unpaired) electrons. The summed E-state index contributed by atoms with van der Waals surface area (Å²) < 4.78 is 10.4. The lowest BCUT2D eigenvalue weighted by atomic mass is 10.1. The zero-order valence-electron chi connectivity index (χ0n) is 23.7. The lowest BCUT2D eigenvalue weighted by Gasteiger charge is -2.06. The third-order valence-electron chi connectivity index (χ3n) is 6.53. The van der Waals surface area contributed by atoms with E-state index in [-0.39, 0.29) is 0 Å². The van der Waals surface area contributed by atoms with E-state index in [2.05, 4.69) is 38.2 Å². The van der Waals surface area contributed by atoms with Crippen molar-refractivity contribution in [2.24, 2.45) is 0 Å². The Morgan fingerprint density at radius 2 is 0.800 bits per heavy atom. The number of unbranched alkanes of at least 4 members (excludes halogenated alkanes) is 19. The fourth-order valence-electron chi connectivity index (χ4n) is 4.21. The van der Waals surface area contributed by atoms with Crippen LogP contribution in [0.3, 0.4) is 0 Å². The van der Waals surface area contributed by atoms with E-state index >= 15 is 0 Å². The maximum absolute atomic E-state index is 11.6. The number of hydrogen-bond acceptors (Lipinski definition) is 3. The molecule has 0 aliphatic carbocycles. The molecule has 206 valence electrons. The lowest BCUT2D eigenvalue weighted by molar-refractivity contribution is 0.0529. The Bertz CT molecular complexity index is 469. The van der Waals surface area contributed by atoms with E-state index in [9.17, 15) is 4.79 Å². The van der Waals surface area contributed by atoms with Gasteiger partial charge in [0.1, 0.15) is 0 Å². The van der Waals surface area contributed by atoms with Gasteiger partial charge in [-0.05, 0) is 44.9 Å². The van der Waals surface area contributed by atoms with Crippen LogP contribution in [0, 0.1) is 0 Å². The second-order valence-electron chi connectivity index (χ2n) is 10.1. The van der Waals surface area contributed by atoms with Crippen molar-refractivity contribution in [1.29, 1.82) is 0 Å². The molecule has 0 rings (SSSR count). The fraction of sp³-hybridized carbons (Fsp3) is 0.844. The van der Waals surface area contributed by atoms with Gasteiger partial charge in [0.2, 0.25) is 0 Å². The molecule has 0 aromatic rings. The summed E-state index contributed by atoms with van der Waals surface area (Å²) in [5, 5.41) is 0. The van der Waals surface area contributed by atoms with E-state index in [4.69, 9.17) is 9.47 Å². The molecular weight excluding hydrogens is 432 g/mol. The van der Waals surface area contributed by atoms with Crippen LogP contribution in [-0.4, -0.2) is 19.4 Å². The summed E-state index contributed by atoms with van der Waals surface area (Å²) in [5.74, 6) is 0. The molecule has 3 heteroatoms. The van der Waals surface area contributed by atoms with Gasteiger partial charge >= 0.3 is 6.16 Å². The summed E-state index contributed by atoms with van der Waals surface area (Å²) in [5.41, 5.74) is 0. The molecule has 0 aromatic carbocycles. The predicted molar refractivity (Wildman–Crippen MR) is 153 cm³/mol. The van der Waals surface area contributed by atoms with Gasteiger partial charge in [0.15, 0.2) is 0 Å². The number of carbonyl (C=O) groups is 1. The van der Waals surface area contributed by atoms with Crippen LogP contribution >= 0.6 is 0 Å². The molecule has 0 spiro atoms. The first-order chi connectivity index (χ1) is 17.3. The van der Waals surface area contributed by atoms with Crippen LogP contribution in [0.25, 0.3) is 0 Å². The highest BCUT2D eigenvalue weighted by Crippen LogP contribution is 2.12. The average molecular weight is 493 g/mol. The predicted octanol–water partition coefficient (Wildman–Crippen LogP) is 11.3. The second kappa shape index (κ2) is 30.8. The highest BCUT2D eigenvalue weighted by molar-refractivity contribution is 5.59. The summed E-state index contributed by atoms with van der Waals surface area (Å²) in [6.45, 7) is 5.51. The summed E-state index contributed by atoms with van der Waals surface area (Å²) in [4.78, 5) is 11.6. The Labute approximate surface area is 219 Å². The lowest BCUT2D eigenvalue weighted by Crippen LogP contribution is -2.09. The average Bonchev–Trinajstić information content (AvgIpc) is 2.86. The van der Waals surface area contributed by atoms with Gasteiger partial charge in [-0.3, -0.25) is 0 Å². The Morgan fingerprint density at radius 3 is 1.26 bits per heavy atom. The van der Waals surface area contributed by atoms with E-state index < -0.39 is 6.16 Å². The minimum Gasteiger partial charge on any atom is -0.434 e. The van der Waals surface area contributed by atoms with Gasteiger partial charge in [0.05, 0.1) is 13.2 Å². The monoisotopic (exact) mass is 492 g/mol. The molecule has 3 nitrogen and oxygen atoms in total. The molecule has 35 heavy (non-hydrogen) atoms. The van der Waals surface area contributed by atoms with Gasteiger partial charge in [-0.1, -0.05) is 141 Å². The molecule has 0 saturated carbocycles. The van der Waals surface area contributed by atoms with Crippen LogP contribution in [0.4, 0.5) is 4.79 Å². The Morgan fingerprint density at radius 1 is 0.457 bits per heavy atom. The molecule has 0 atom stereocenters. The number of carbonyl (C=O) groups excluding carboxylic acids is 1. The van der Waals surface area contributed by atoms with Gasteiger partial charge in [-0.2, -0.15) is 0 Å². The molecular formula is C32H60O3. The molecule has 0 fully saturated rings. The Kier molecular flexibility index (Phi) is 29.7. The van der Waals surface area contributed by atoms with Crippen molar-refractivity contribution in [1.82, 2.24) is 0 Å². The number of ether oxygens (including phenoxy) is 2. The fourth-order valence-corrected chi connectivity index (χ4v) is 4.21. The molecule has 0 aliphatic rings. The zero-order valence-corrected chi connectivity index (χ0v) is 23.7. The molecule has 0 unspecified atom stereocenters. The highest BCUT2D eigenvalue weighted by atomic mass is 16.7. The summed E-state index contributed by atoms with van der Waals surface area (Å²) >= 11 is 0. The van der Waals surface area contributed by atoms with Crippen molar-refractivity contribution >= 4 is 6.16 Å². The van der Waals surface area contributed by atoms with Crippen molar-refractivity contribution in [3.63, 3.8) is 0 Å². The SMILES string of the molecule is CCCCCC=CCC=CCCCCCCCCOC(=O)OCCCCCCCCCCCCC. The van der Waals surface area contributed by atoms with Crippen molar-refractivity contribution in [3.8, 4) is 0 Å². The number of hydrogen-bond donors (Lipinski definition) is 0. The summed E-state index contributed by atoms with van der Waals surface area (Å²) in [6.07, 6.45) is 37.7. The minimum absolute atomic E-state index is 0.486. The zero-order chi connectivity index (χ0) is 25.5. The maximum atomic E-state index is 11.6. The van der Waals surface area contributed by atoms with Crippen molar-refractivity contribution in [2.45, 2.75) is 162 Å². The molecule has 0 saturated heterocycles. The van der Waals surface area contributed by atoms with E-state index in [0.29, 0.717) is 13.2 Å². The van der Waals surface area contributed by atoms with Crippen LogP contribution in [0.5, 0.6) is 0 Å². The molecule has 0 aromatic heterocycles. The van der Waals surface area contributed by atoms with Crippen LogP contribution in [0.15, 0.2) is 24.3 Å². The Balaban J connectivity index is 3.22. The van der Waals surface area contributed by atoms with Crippen LogP contribution in [-0.2, 0) is 9.47 Å². The quantitative estimate of drug-likeness (QED) is 0.0649. The van der Waals surface area contributed by atoms with Gasteiger partial charge in [0.25, 0.3) is 0 Å². The summed E-state index contributed by atoms with van der Waals surface area (Å²) in [6, 6.07) is 0. The van der Waals surface area contributed by atoms with E-state index in [1.165, 1.54) is 116 Å². The third kappa shape index (κ3) is 30.7. The van der Waals surface area contributed by atoms with Crippen molar-refractivity contribution < 1.29 is 14.3 Å². The summed E-state index contributed by atoms with van der Waals surface area (Å²) in [7, 11) is 0. The standard InChI is InChI=1S/C32H60O3/c1-3-5-7-9-11-13-15-16-17-18-19-21-23-25-27-29-31-35-32(33)34-30-28-26-24-22-20-14-12-10-8-6-4-2/h11,13,16-17H,3-10,12,14-15,18-31H2,1-2H3. The molecule has 0 aliphatic heterocycles. The molecule has 0 amide bonds. The van der Waals surface area contributed by atoms with Gasteiger partial charge in [0, 0.05) is 0 Å². The number of allylic oxidation sites excluding steroid dienone is 4. The van der Waals surface area contributed by atoms with E-state index in [0.717, 1.165) is 32.1 Å². The topological polar surface area (TPSA) is 35.5 Å². The normalized spacial score (nSPS) is 11.6. The molecule has 0 heterocycles. The maximum Gasteiger partial charge on any atom is 0.508 e. The smallest absolute Gasteiger partial charge is 0.434 e. The van der Waals surface area contributed by atoms with Crippen LogP contribution in [0.1, 0.15) is 162 Å². The Hall–Kier alpha value is -1.25. The minimum atomic E-state index is -0.486. The van der Waals surface area contributed by atoms with E-state index in [1.807, 2.05) is 0 Å². The largest absolute Gasteiger partial charge is 0.508 e. The molecule has 0 bridgehead atoms. The second-order valence-corrected chi connectivity index (χ2v) is 10.1. The van der Waals surface area contributed by atoms with Gasteiger partial charge < -0.3 is 9.47 Å². The van der Waals surface area contributed by atoms with E-state index in [1.54, 1.807) is 0 Å². The molecule has 0 N–H and O–H groups in total. The highest BCUT2D eigenvalue weighted by Gasteiger charge is 2.03. The van der Waals surface area contributed by atoms with Gasteiger partial charge in [-0.25, -0.2) is 4.79 Å². The van der Waals surface area contributed by atoms with Crippen LogP contribution < -0.4 is 0 Å². The van der Waals surface area contributed by atoms with Crippen molar-refractivity contribution in [2.75, 3.05) is 13.2 Å². The number of rotatable bonds is 27. The first-order valence-electron chi connectivity index (χ1n) is 15.4. The van der Waals surface area contributed by atoms with Crippen LogP contribution in [0.2, 0.25) is 0 Å². The first-order valence-corrected chi connectivity index (χ1v) is 15.4. The third-order valence-corrected chi connectivity index (χ3v) is 6.53. The van der Waals surface area contributed by atoms with Crippen molar-refractivity contribution in [3.05, 3.63) is 24.3 Å². The first kappa shape index (κ1) is 33.8. The van der Waals surface area contributed by atoms with Gasteiger partial charge in [-0.15, -0.1) is 0 Å².